The maximum absolute atomic E-state index is 14.2. The van der Waals surface area contributed by atoms with Gasteiger partial charge in [-0.2, -0.15) is 4.99 Å². The van der Waals surface area contributed by atoms with E-state index in [2.05, 4.69) is 48.7 Å². The van der Waals surface area contributed by atoms with Crippen molar-refractivity contribution in [2.24, 2.45) is 4.99 Å². The van der Waals surface area contributed by atoms with Crippen LogP contribution in [0.3, 0.4) is 0 Å². The number of rotatable bonds is 12. The van der Waals surface area contributed by atoms with Crippen LogP contribution < -0.4 is 10.1 Å². The molecule has 3 amide bonds. The largest absolute Gasteiger partial charge is 0.488 e. The third kappa shape index (κ3) is 9.47. The van der Waals surface area contributed by atoms with E-state index in [1.165, 1.54) is 11.0 Å². The molecule has 5 rings (SSSR count). The number of hydrogen-bond acceptors (Lipinski definition) is 5. The molecule has 10 heteroatoms. The second-order valence-corrected chi connectivity index (χ2v) is 13.7. The Labute approximate surface area is 312 Å². The van der Waals surface area contributed by atoms with Crippen molar-refractivity contribution in [3.63, 3.8) is 0 Å². The molecule has 0 atom stereocenters. The first-order valence-corrected chi connectivity index (χ1v) is 18.2. The number of amides is 3. The number of carbonyl (C=O) groups is 3. The second-order valence-electron chi connectivity index (χ2n) is 10.9. The molecule has 4 aromatic carbocycles. The maximum Gasteiger partial charge on any atom is 0.285 e. The number of halogens is 2. The topological polar surface area (TPSA) is 88.1 Å². The van der Waals surface area contributed by atoms with Gasteiger partial charge in [-0.05, 0) is 66.1 Å². The van der Waals surface area contributed by atoms with Crippen LogP contribution in [0.25, 0.3) is 6.08 Å². The summed E-state index contributed by atoms with van der Waals surface area (Å²) in [6.07, 6.45) is 8.19. The smallest absolute Gasteiger partial charge is 0.285 e. The summed E-state index contributed by atoms with van der Waals surface area (Å²) in [5, 5.41) is 3.20. The summed E-state index contributed by atoms with van der Waals surface area (Å²) in [6, 6.07) is 32.1. The highest BCUT2D eigenvalue weighted by Crippen LogP contribution is 2.31. The number of allylic oxidation sites excluding steroid dienone is 4. The summed E-state index contributed by atoms with van der Waals surface area (Å²) in [4.78, 5) is 46.9. The molecule has 0 fully saturated rings. The molecule has 1 heterocycles. The molecule has 1 N–H and O–H groups in total. The third-order valence-electron chi connectivity index (χ3n) is 7.49. The van der Waals surface area contributed by atoms with Gasteiger partial charge in [0.15, 0.2) is 5.17 Å². The van der Waals surface area contributed by atoms with Crippen LogP contribution in [0.15, 0.2) is 159 Å². The number of nitrogens with one attached hydrogen (secondary N) is 1. The minimum atomic E-state index is -0.720. The minimum Gasteiger partial charge on any atom is -0.488 e. The summed E-state index contributed by atoms with van der Waals surface area (Å²) in [5.74, 6) is -1.20. The van der Waals surface area contributed by atoms with Crippen molar-refractivity contribution in [1.82, 2.24) is 10.2 Å². The summed E-state index contributed by atoms with van der Waals surface area (Å²) < 4.78 is 7.83. The van der Waals surface area contributed by atoms with Crippen LogP contribution in [-0.4, -0.2) is 33.5 Å². The SMILES string of the molecule is C=C/C=C\C(=C/C)N1C(=O)/C(=C/c2cc(Br)ccc2OCc2ccc(Br)cc2)C(=O)N=C1SCC(=O)NC(c1ccccc1)c1ccccc1. The summed E-state index contributed by atoms with van der Waals surface area (Å²) in [6.45, 7) is 5.80. The van der Waals surface area contributed by atoms with Gasteiger partial charge in [-0.1, -0.05) is 141 Å². The van der Waals surface area contributed by atoms with Crippen molar-refractivity contribution in [2.45, 2.75) is 19.6 Å². The molecule has 0 spiro atoms. The zero-order valence-electron chi connectivity index (χ0n) is 27.1. The molecule has 0 unspecified atom stereocenters. The Hall–Kier alpha value is -4.77. The normalized spacial score (nSPS) is 14.3. The standard InChI is InChI=1S/C40H33Br2N3O4S/c1-3-5-16-33(4-2)45-39(48)34(24-30-23-32(42)21-22-35(30)49-25-27-17-19-31(41)20-18-27)38(47)44-40(45)50-26-36(46)43-37(28-12-8-6-9-13-28)29-14-10-7-11-15-29/h3-24,37H,1,25-26H2,2H3,(H,43,46)/b16-5-,33-4+,34-24+. The van der Waals surface area contributed by atoms with E-state index in [1.807, 2.05) is 91.0 Å². The monoisotopic (exact) mass is 809 g/mol. The van der Waals surface area contributed by atoms with Crippen molar-refractivity contribution >= 4 is 72.6 Å². The fourth-order valence-electron chi connectivity index (χ4n) is 5.05. The molecule has 0 saturated carbocycles. The molecule has 0 saturated heterocycles. The lowest BCUT2D eigenvalue weighted by Gasteiger charge is -2.28. The summed E-state index contributed by atoms with van der Waals surface area (Å²) >= 11 is 7.95. The highest BCUT2D eigenvalue weighted by atomic mass is 79.9. The van der Waals surface area contributed by atoms with Gasteiger partial charge in [-0.25, -0.2) is 0 Å². The van der Waals surface area contributed by atoms with E-state index in [9.17, 15) is 14.4 Å². The van der Waals surface area contributed by atoms with Crippen LogP contribution in [0.1, 0.15) is 35.2 Å². The lowest BCUT2D eigenvalue weighted by molar-refractivity contribution is -0.126. The number of ether oxygens (including phenoxy) is 1. The van der Waals surface area contributed by atoms with Gasteiger partial charge in [0, 0.05) is 20.2 Å². The number of aliphatic imine (C=N–C) groups is 1. The molecule has 0 bridgehead atoms. The van der Waals surface area contributed by atoms with Gasteiger partial charge in [0.05, 0.1) is 11.8 Å². The van der Waals surface area contributed by atoms with E-state index in [4.69, 9.17) is 4.74 Å². The molecule has 0 radical (unpaired) electrons. The van der Waals surface area contributed by atoms with Crippen LogP contribution in [0.4, 0.5) is 0 Å². The highest BCUT2D eigenvalue weighted by Gasteiger charge is 2.35. The quantitative estimate of drug-likeness (QED) is 0.0877. The lowest BCUT2D eigenvalue weighted by Crippen LogP contribution is -2.42. The van der Waals surface area contributed by atoms with Gasteiger partial charge in [0.25, 0.3) is 11.8 Å². The zero-order valence-corrected chi connectivity index (χ0v) is 31.1. The van der Waals surface area contributed by atoms with Gasteiger partial charge in [-0.15, -0.1) is 0 Å². The third-order valence-corrected chi connectivity index (χ3v) is 9.45. The zero-order chi connectivity index (χ0) is 35.5. The Morgan fingerprint density at radius 3 is 2.20 bits per heavy atom. The van der Waals surface area contributed by atoms with E-state index in [1.54, 1.807) is 43.4 Å². The number of carbonyl (C=O) groups excluding carboxylic acids is 3. The fourth-order valence-corrected chi connectivity index (χ4v) is 6.51. The number of benzene rings is 4. The molecule has 1 aliphatic rings. The van der Waals surface area contributed by atoms with Crippen LogP contribution in [-0.2, 0) is 21.0 Å². The molecule has 4 aromatic rings. The second kappa shape index (κ2) is 17.8. The first kappa shape index (κ1) is 36.5. The van der Waals surface area contributed by atoms with Crippen molar-refractivity contribution in [3.8, 4) is 5.75 Å². The molecular weight excluding hydrogens is 778 g/mol. The number of hydrogen-bond donors (Lipinski definition) is 1. The Bertz CT molecular complexity index is 1950. The molecule has 50 heavy (non-hydrogen) atoms. The molecule has 252 valence electrons. The van der Waals surface area contributed by atoms with E-state index in [-0.39, 0.29) is 35.0 Å². The minimum absolute atomic E-state index is 0.0889. The van der Waals surface area contributed by atoms with E-state index in [0.29, 0.717) is 17.0 Å². The molecule has 0 aliphatic carbocycles. The van der Waals surface area contributed by atoms with Gasteiger partial charge >= 0.3 is 0 Å². The van der Waals surface area contributed by atoms with Gasteiger partial charge in [-0.3, -0.25) is 19.3 Å². The van der Waals surface area contributed by atoms with Crippen molar-refractivity contribution in [2.75, 3.05) is 5.75 Å². The molecule has 7 nitrogen and oxygen atoms in total. The average Bonchev–Trinajstić information content (AvgIpc) is 3.13. The van der Waals surface area contributed by atoms with E-state index < -0.39 is 11.8 Å². The molecule has 1 aliphatic heterocycles. The van der Waals surface area contributed by atoms with Crippen LogP contribution in [0.2, 0.25) is 0 Å². The Balaban J connectivity index is 1.42. The van der Waals surface area contributed by atoms with Crippen molar-refractivity contribution < 1.29 is 19.1 Å². The Morgan fingerprint density at radius 2 is 1.58 bits per heavy atom. The number of nitrogens with zero attached hydrogens (tertiary/aromatic N) is 2. The lowest BCUT2D eigenvalue weighted by atomic mass is 9.99. The predicted octanol–water partition coefficient (Wildman–Crippen LogP) is 9.18. The van der Waals surface area contributed by atoms with E-state index >= 15 is 0 Å². The van der Waals surface area contributed by atoms with Crippen molar-refractivity contribution in [1.29, 1.82) is 0 Å². The van der Waals surface area contributed by atoms with Crippen LogP contribution in [0, 0.1) is 0 Å². The van der Waals surface area contributed by atoms with Gasteiger partial charge in [0.1, 0.15) is 17.9 Å². The first-order chi connectivity index (χ1) is 24.3. The maximum atomic E-state index is 14.2. The Morgan fingerprint density at radius 1 is 0.940 bits per heavy atom. The number of thioether (sulfide) groups is 1. The fraction of sp³-hybridized carbons (Fsp3) is 0.100. The average molecular weight is 812 g/mol. The van der Waals surface area contributed by atoms with E-state index in [0.717, 1.165) is 37.4 Å². The summed E-state index contributed by atoms with van der Waals surface area (Å²) in [7, 11) is 0. The first-order valence-electron chi connectivity index (χ1n) is 15.6. The van der Waals surface area contributed by atoms with Crippen LogP contribution in [0.5, 0.6) is 5.75 Å². The van der Waals surface area contributed by atoms with Gasteiger partial charge in [0.2, 0.25) is 5.91 Å². The Kier molecular flexibility index (Phi) is 13.0. The predicted molar refractivity (Wildman–Crippen MR) is 208 cm³/mol. The number of amidine groups is 1. The van der Waals surface area contributed by atoms with Gasteiger partial charge < -0.3 is 10.1 Å². The molecule has 0 aromatic heterocycles. The highest BCUT2D eigenvalue weighted by molar-refractivity contribution is 9.10. The summed E-state index contributed by atoms with van der Waals surface area (Å²) in [5.41, 5.74) is 3.64. The van der Waals surface area contributed by atoms with Crippen molar-refractivity contribution in [3.05, 3.63) is 176 Å². The molecular formula is C40H33Br2N3O4S. The van der Waals surface area contributed by atoms with Crippen LogP contribution >= 0.6 is 43.6 Å².